The van der Waals surface area contributed by atoms with E-state index in [1.807, 2.05) is 38.1 Å². The van der Waals surface area contributed by atoms with Crippen molar-refractivity contribution in [3.8, 4) is 17.5 Å². The molecule has 0 aliphatic heterocycles. The van der Waals surface area contributed by atoms with Crippen LogP contribution in [0.3, 0.4) is 0 Å². The summed E-state index contributed by atoms with van der Waals surface area (Å²) in [6, 6.07) is 9.71. The fourth-order valence-corrected chi connectivity index (χ4v) is 3.29. The van der Waals surface area contributed by atoms with E-state index in [1.54, 1.807) is 13.8 Å². The number of halogens is 1. The van der Waals surface area contributed by atoms with Gasteiger partial charge in [-0.1, -0.05) is 53.7 Å². The van der Waals surface area contributed by atoms with Crippen LogP contribution in [0.15, 0.2) is 33.9 Å². The highest BCUT2D eigenvalue weighted by Gasteiger charge is 2.32. The summed E-state index contributed by atoms with van der Waals surface area (Å²) in [6.45, 7) is 7.23. The van der Waals surface area contributed by atoms with E-state index in [4.69, 9.17) is 5.84 Å². The summed E-state index contributed by atoms with van der Waals surface area (Å²) in [7, 11) is 0. The topological polar surface area (TPSA) is 110 Å². The van der Waals surface area contributed by atoms with Crippen molar-refractivity contribution in [1.82, 2.24) is 20.2 Å². The van der Waals surface area contributed by atoms with Crippen LogP contribution in [0.1, 0.15) is 27.7 Å². The van der Waals surface area contributed by atoms with Gasteiger partial charge in [-0.3, -0.25) is 4.79 Å². The first-order valence-corrected chi connectivity index (χ1v) is 9.72. The second kappa shape index (κ2) is 8.10. The lowest BCUT2D eigenvalue weighted by molar-refractivity contribution is -0.121. The minimum Gasteiger partial charge on any atom is -0.337 e. The molecule has 26 heavy (non-hydrogen) atoms. The molecule has 9 heteroatoms. The van der Waals surface area contributed by atoms with Crippen LogP contribution in [0.4, 0.5) is 0 Å². The molecule has 3 N–H and O–H groups in total. The standard InChI is InChI=1S/C17H21BrN6OS/c1-10(2)17(4,9-19)21-15(25)11(3)26-16-23-22-14(24(16)20)12-7-5-6-8-13(12)18/h5-8,10-11H,20H2,1-4H3,(H,21,25). The Bertz CT molecular complexity index is 846. The van der Waals surface area contributed by atoms with E-state index in [2.05, 4.69) is 37.5 Å². The number of hydrogen-bond donors (Lipinski definition) is 2. The van der Waals surface area contributed by atoms with Gasteiger partial charge in [-0.15, -0.1) is 10.2 Å². The first-order chi connectivity index (χ1) is 12.2. The molecule has 7 nitrogen and oxygen atoms in total. The molecule has 0 radical (unpaired) electrons. The molecule has 0 fully saturated rings. The number of nitrogens with two attached hydrogens (primary N) is 1. The van der Waals surface area contributed by atoms with Gasteiger partial charge in [0, 0.05) is 10.0 Å². The maximum atomic E-state index is 12.5. The number of carbonyl (C=O) groups is 1. The molecule has 0 spiro atoms. The minimum absolute atomic E-state index is 0.0196. The first-order valence-electron chi connectivity index (χ1n) is 8.05. The molecular formula is C17H21BrN6OS. The molecule has 1 aromatic carbocycles. The molecule has 0 aliphatic rings. The second-order valence-electron chi connectivity index (χ2n) is 6.37. The molecule has 0 bridgehead atoms. The molecule has 0 saturated heterocycles. The Morgan fingerprint density at radius 2 is 2.04 bits per heavy atom. The Balaban J connectivity index is 2.16. The van der Waals surface area contributed by atoms with Crippen LogP contribution in [0.25, 0.3) is 11.4 Å². The van der Waals surface area contributed by atoms with Crippen molar-refractivity contribution in [2.24, 2.45) is 5.92 Å². The van der Waals surface area contributed by atoms with E-state index < -0.39 is 10.8 Å². The monoisotopic (exact) mass is 436 g/mol. The Kier molecular flexibility index (Phi) is 6.31. The number of aromatic nitrogens is 3. The Morgan fingerprint density at radius 3 is 2.62 bits per heavy atom. The van der Waals surface area contributed by atoms with E-state index >= 15 is 0 Å². The van der Waals surface area contributed by atoms with Gasteiger partial charge < -0.3 is 11.2 Å². The second-order valence-corrected chi connectivity index (χ2v) is 8.54. The predicted octanol–water partition coefficient (Wildman–Crippen LogP) is 2.96. The summed E-state index contributed by atoms with van der Waals surface area (Å²) in [5.74, 6) is 6.35. The molecule has 138 valence electrons. The molecule has 2 atom stereocenters. The highest BCUT2D eigenvalue weighted by Crippen LogP contribution is 2.29. The van der Waals surface area contributed by atoms with Gasteiger partial charge in [-0.05, 0) is 31.9 Å². The zero-order chi connectivity index (χ0) is 19.5. The maximum absolute atomic E-state index is 12.5. The van der Waals surface area contributed by atoms with Gasteiger partial charge in [-0.25, -0.2) is 4.68 Å². The van der Waals surface area contributed by atoms with Gasteiger partial charge in [0.25, 0.3) is 0 Å². The average molecular weight is 437 g/mol. The Labute approximate surface area is 165 Å². The van der Waals surface area contributed by atoms with Crippen LogP contribution in [0.2, 0.25) is 0 Å². The number of nitriles is 1. The van der Waals surface area contributed by atoms with Crippen molar-refractivity contribution in [3.05, 3.63) is 28.7 Å². The summed E-state index contributed by atoms with van der Waals surface area (Å²) in [5.41, 5.74) is -0.120. The third kappa shape index (κ3) is 4.19. The van der Waals surface area contributed by atoms with Crippen molar-refractivity contribution in [2.75, 3.05) is 5.84 Å². The van der Waals surface area contributed by atoms with Crippen molar-refractivity contribution in [1.29, 1.82) is 5.26 Å². The highest BCUT2D eigenvalue weighted by atomic mass is 79.9. The lowest BCUT2D eigenvalue weighted by Crippen LogP contribution is -2.51. The molecule has 2 rings (SSSR count). The number of carbonyl (C=O) groups excluding carboxylic acids is 1. The zero-order valence-electron chi connectivity index (χ0n) is 15.0. The van der Waals surface area contributed by atoms with E-state index in [-0.39, 0.29) is 11.8 Å². The van der Waals surface area contributed by atoms with Gasteiger partial charge >= 0.3 is 0 Å². The highest BCUT2D eigenvalue weighted by molar-refractivity contribution is 9.10. The van der Waals surface area contributed by atoms with Crippen LogP contribution >= 0.6 is 27.7 Å². The number of amides is 1. The van der Waals surface area contributed by atoms with Gasteiger partial charge in [0.1, 0.15) is 5.54 Å². The fraction of sp³-hybridized carbons (Fsp3) is 0.412. The van der Waals surface area contributed by atoms with Gasteiger partial charge in [0.2, 0.25) is 11.1 Å². The summed E-state index contributed by atoms with van der Waals surface area (Å²) in [5, 5.41) is 20.3. The fourth-order valence-electron chi connectivity index (χ4n) is 2.05. The molecule has 0 saturated carbocycles. The van der Waals surface area contributed by atoms with Crippen molar-refractivity contribution in [2.45, 2.75) is 43.6 Å². The Morgan fingerprint density at radius 1 is 1.38 bits per heavy atom. The molecular weight excluding hydrogens is 416 g/mol. The number of nitrogen functional groups attached to an aromatic ring is 1. The molecule has 0 aliphatic carbocycles. The summed E-state index contributed by atoms with van der Waals surface area (Å²) < 4.78 is 2.21. The van der Waals surface area contributed by atoms with E-state index in [0.29, 0.717) is 11.0 Å². The van der Waals surface area contributed by atoms with E-state index in [1.165, 1.54) is 16.4 Å². The quantitative estimate of drug-likeness (QED) is 0.531. The first kappa shape index (κ1) is 20.3. The van der Waals surface area contributed by atoms with Crippen molar-refractivity contribution in [3.63, 3.8) is 0 Å². The SMILES string of the molecule is CC(Sc1nnc(-c2ccccc2Br)n1N)C(=O)NC(C)(C#N)C(C)C. The van der Waals surface area contributed by atoms with E-state index in [9.17, 15) is 10.1 Å². The smallest absolute Gasteiger partial charge is 0.234 e. The van der Waals surface area contributed by atoms with Crippen molar-refractivity contribution >= 4 is 33.6 Å². The third-order valence-corrected chi connectivity index (χ3v) is 5.95. The maximum Gasteiger partial charge on any atom is 0.234 e. The van der Waals surface area contributed by atoms with Crippen LogP contribution in [-0.2, 0) is 4.79 Å². The van der Waals surface area contributed by atoms with Crippen LogP contribution < -0.4 is 11.2 Å². The normalized spacial score (nSPS) is 14.5. The lowest BCUT2D eigenvalue weighted by atomic mass is 9.90. The van der Waals surface area contributed by atoms with E-state index in [0.717, 1.165) is 10.0 Å². The van der Waals surface area contributed by atoms with Crippen LogP contribution in [0.5, 0.6) is 0 Å². The van der Waals surface area contributed by atoms with Crippen molar-refractivity contribution < 1.29 is 4.79 Å². The molecule has 1 aromatic heterocycles. The number of thioether (sulfide) groups is 1. The molecule has 2 unspecified atom stereocenters. The van der Waals surface area contributed by atoms with Crippen LogP contribution in [0, 0.1) is 17.2 Å². The summed E-state index contributed by atoms with van der Waals surface area (Å²) in [4.78, 5) is 12.5. The molecule has 1 heterocycles. The number of hydrogen-bond acceptors (Lipinski definition) is 6. The number of nitrogens with zero attached hydrogens (tertiary/aromatic N) is 4. The Hall–Kier alpha value is -2.05. The van der Waals surface area contributed by atoms with Gasteiger partial charge in [0.05, 0.1) is 11.3 Å². The average Bonchev–Trinajstić information content (AvgIpc) is 2.95. The largest absolute Gasteiger partial charge is 0.337 e. The number of nitrogens with one attached hydrogen (secondary N) is 1. The lowest BCUT2D eigenvalue weighted by Gasteiger charge is -2.28. The van der Waals surface area contributed by atoms with Gasteiger partial charge in [-0.2, -0.15) is 5.26 Å². The summed E-state index contributed by atoms with van der Waals surface area (Å²) in [6.07, 6.45) is 0. The molecule has 1 amide bonds. The molecule has 2 aromatic rings. The van der Waals surface area contributed by atoms with Gasteiger partial charge in [0.15, 0.2) is 5.82 Å². The van der Waals surface area contributed by atoms with Crippen LogP contribution in [-0.4, -0.2) is 31.6 Å². The number of rotatable bonds is 6. The summed E-state index contributed by atoms with van der Waals surface area (Å²) >= 11 is 4.66. The predicted molar refractivity (Wildman–Crippen MR) is 106 cm³/mol. The number of benzene rings is 1. The minimum atomic E-state index is -0.928. The third-order valence-electron chi connectivity index (χ3n) is 4.20. The zero-order valence-corrected chi connectivity index (χ0v) is 17.4.